The highest BCUT2D eigenvalue weighted by atomic mass is 16.5. The molecular formula is C7H11NO2. The molecule has 0 aromatic heterocycles. The molecule has 0 bridgehead atoms. The first-order chi connectivity index (χ1) is 4.70. The second kappa shape index (κ2) is 4.68. The molecule has 3 nitrogen and oxygen atoms in total. The van der Waals surface area contributed by atoms with Crippen LogP contribution in [-0.4, -0.2) is 11.2 Å². The number of hydrogen-bond donors (Lipinski definition) is 1. The second-order valence-corrected chi connectivity index (χ2v) is 2.10. The van der Waals surface area contributed by atoms with Gasteiger partial charge in [0.05, 0.1) is 18.6 Å². The fraction of sp³-hybridized carbons (Fsp3) is 0.571. The second-order valence-electron chi connectivity index (χ2n) is 2.10. The molecule has 0 aromatic rings. The average molecular weight is 141 g/mol. The van der Waals surface area contributed by atoms with Crippen LogP contribution in [0.5, 0.6) is 0 Å². The van der Waals surface area contributed by atoms with E-state index in [2.05, 4.69) is 0 Å². The molecule has 0 unspecified atom stereocenters. The van der Waals surface area contributed by atoms with Crippen molar-refractivity contribution in [3.8, 4) is 6.07 Å². The minimum Gasteiger partial charge on any atom is -0.512 e. The first-order valence-corrected chi connectivity index (χ1v) is 3.07. The summed E-state index contributed by atoms with van der Waals surface area (Å²) < 4.78 is 5.03. The Labute approximate surface area is 60.5 Å². The normalized spacial score (nSPS) is 11.2. The maximum absolute atomic E-state index is 8.47. The summed E-state index contributed by atoms with van der Waals surface area (Å²) in [4.78, 5) is 0. The van der Waals surface area contributed by atoms with Crippen LogP contribution >= 0.6 is 0 Å². The third-order valence-electron chi connectivity index (χ3n) is 0.784. The highest BCUT2D eigenvalue weighted by Gasteiger charge is 1.99. The smallest absolute Gasteiger partial charge is 0.144 e. The minimum absolute atomic E-state index is 0.00625. The average Bonchev–Trinajstić information content (AvgIpc) is 1.86. The van der Waals surface area contributed by atoms with Crippen molar-refractivity contribution in [3.05, 3.63) is 12.0 Å². The van der Waals surface area contributed by atoms with Gasteiger partial charge in [-0.3, -0.25) is 0 Å². The first-order valence-electron chi connectivity index (χ1n) is 3.07. The van der Waals surface area contributed by atoms with Crippen molar-refractivity contribution in [2.45, 2.75) is 26.4 Å². The van der Waals surface area contributed by atoms with Gasteiger partial charge >= 0.3 is 0 Å². The summed E-state index contributed by atoms with van der Waals surface area (Å²) in [6.07, 6.45) is 0.949. The Hall–Kier alpha value is -1.17. The van der Waals surface area contributed by atoms with Gasteiger partial charge in [-0.25, -0.2) is 0 Å². The Bertz CT molecular complexity index is 155. The number of hydrogen-bond acceptors (Lipinski definition) is 3. The van der Waals surface area contributed by atoms with E-state index in [0.717, 1.165) is 6.26 Å². The summed E-state index contributed by atoms with van der Waals surface area (Å²) >= 11 is 0. The number of aliphatic hydroxyl groups is 1. The molecule has 3 heteroatoms. The Balaban J connectivity index is 3.76. The molecule has 0 spiro atoms. The van der Waals surface area contributed by atoms with Gasteiger partial charge in [-0.2, -0.15) is 5.26 Å². The topological polar surface area (TPSA) is 53.2 Å². The SMILES string of the molecule is CC(C)O/C(=C/O)CC#N. The summed E-state index contributed by atoms with van der Waals surface area (Å²) in [6, 6.07) is 1.87. The Morgan fingerprint density at radius 2 is 2.40 bits per heavy atom. The molecule has 0 amide bonds. The van der Waals surface area contributed by atoms with Gasteiger partial charge in [-0.05, 0) is 13.8 Å². The molecule has 0 aliphatic rings. The van der Waals surface area contributed by atoms with Gasteiger partial charge in [0.25, 0.3) is 0 Å². The van der Waals surface area contributed by atoms with Crippen LogP contribution in [0.3, 0.4) is 0 Å². The van der Waals surface area contributed by atoms with Crippen LogP contribution in [-0.2, 0) is 4.74 Å². The van der Waals surface area contributed by atoms with Crippen LogP contribution in [0.25, 0.3) is 0 Å². The first kappa shape index (κ1) is 8.83. The molecule has 0 saturated heterocycles. The Morgan fingerprint density at radius 3 is 2.70 bits per heavy atom. The zero-order valence-corrected chi connectivity index (χ0v) is 6.16. The van der Waals surface area contributed by atoms with Crippen LogP contribution in [0.2, 0.25) is 0 Å². The molecule has 56 valence electrons. The van der Waals surface area contributed by atoms with Gasteiger partial charge in [0.2, 0.25) is 0 Å². The van der Waals surface area contributed by atoms with Gasteiger partial charge in [-0.15, -0.1) is 0 Å². The van der Waals surface area contributed by atoms with E-state index in [9.17, 15) is 0 Å². The Morgan fingerprint density at radius 1 is 1.80 bits per heavy atom. The van der Waals surface area contributed by atoms with Crippen molar-refractivity contribution in [2.24, 2.45) is 0 Å². The molecule has 0 rings (SSSR count). The maximum atomic E-state index is 8.47. The van der Waals surface area contributed by atoms with Crippen LogP contribution in [0.1, 0.15) is 20.3 Å². The van der Waals surface area contributed by atoms with Crippen LogP contribution in [0.4, 0.5) is 0 Å². The van der Waals surface area contributed by atoms with Crippen molar-refractivity contribution in [2.75, 3.05) is 0 Å². The highest BCUT2D eigenvalue weighted by Crippen LogP contribution is 2.04. The molecular weight excluding hydrogens is 130 g/mol. The monoisotopic (exact) mass is 141 g/mol. The molecule has 10 heavy (non-hydrogen) atoms. The van der Waals surface area contributed by atoms with E-state index < -0.39 is 0 Å². The highest BCUT2D eigenvalue weighted by molar-refractivity contribution is 4.96. The van der Waals surface area contributed by atoms with Gasteiger partial charge in [0.15, 0.2) is 0 Å². The molecule has 0 saturated carbocycles. The van der Waals surface area contributed by atoms with Crippen molar-refractivity contribution >= 4 is 0 Å². The number of ether oxygens (including phenoxy) is 1. The largest absolute Gasteiger partial charge is 0.512 e. The lowest BCUT2D eigenvalue weighted by atomic mass is 10.4. The lowest BCUT2D eigenvalue weighted by molar-refractivity contribution is 0.136. The van der Waals surface area contributed by atoms with E-state index in [1.54, 1.807) is 0 Å². The van der Waals surface area contributed by atoms with Gasteiger partial charge < -0.3 is 9.84 Å². The zero-order chi connectivity index (χ0) is 7.98. The third kappa shape index (κ3) is 3.79. The summed E-state index contributed by atoms with van der Waals surface area (Å²) in [5, 5.41) is 16.7. The summed E-state index contributed by atoms with van der Waals surface area (Å²) in [5.41, 5.74) is 0. The van der Waals surface area contributed by atoms with Gasteiger partial charge in [0.1, 0.15) is 12.0 Å². The quantitative estimate of drug-likeness (QED) is 0.609. The number of nitrogens with zero attached hydrogens (tertiary/aromatic N) is 1. The van der Waals surface area contributed by atoms with E-state index in [1.165, 1.54) is 0 Å². The van der Waals surface area contributed by atoms with Crippen LogP contribution in [0.15, 0.2) is 12.0 Å². The molecule has 0 heterocycles. The van der Waals surface area contributed by atoms with E-state index in [4.69, 9.17) is 15.1 Å². The number of nitriles is 1. The molecule has 1 N–H and O–H groups in total. The Kier molecular flexibility index (Phi) is 4.14. The molecule has 0 aliphatic carbocycles. The lowest BCUT2D eigenvalue weighted by Gasteiger charge is -2.08. The van der Waals surface area contributed by atoms with Gasteiger partial charge in [0, 0.05) is 0 Å². The van der Waals surface area contributed by atoms with E-state index >= 15 is 0 Å². The third-order valence-corrected chi connectivity index (χ3v) is 0.784. The summed E-state index contributed by atoms with van der Waals surface area (Å²) in [7, 11) is 0. The molecule has 0 aromatic carbocycles. The zero-order valence-electron chi connectivity index (χ0n) is 6.16. The number of allylic oxidation sites excluding steroid dienone is 1. The van der Waals surface area contributed by atoms with Crippen molar-refractivity contribution in [3.63, 3.8) is 0 Å². The predicted octanol–water partition coefficient (Wildman–Crippen LogP) is 1.72. The van der Waals surface area contributed by atoms with E-state index in [0.29, 0.717) is 5.76 Å². The van der Waals surface area contributed by atoms with Crippen molar-refractivity contribution in [1.29, 1.82) is 5.26 Å². The predicted molar refractivity (Wildman–Crippen MR) is 37.2 cm³/mol. The van der Waals surface area contributed by atoms with E-state index in [-0.39, 0.29) is 12.5 Å². The van der Waals surface area contributed by atoms with Crippen molar-refractivity contribution < 1.29 is 9.84 Å². The summed E-state index contributed by atoms with van der Waals surface area (Å²) in [6.45, 7) is 3.67. The number of rotatable bonds is 3. The fourth-order valence-corrected chi connectivity index (χ4v) is 0.498. The minimum atomic E-state index is 0.00625. The van der Waals surface area contributed by atoms with Crippen LogP contribution in [0, 0.1) is 11.3 Å². The standard InChI is InChI=1S/C7H11NO2/c1-6(2)10-7(5-9)3-4-8/h5-6,9H,3H2,1-2H3/b7-5+. The maximum Gasteiger partial charge on any atom is 0.144 e. The molecule has 0 aliphatic heterocycles. The van der Waals surface area contributed by atoms with Crippen molar-refractivity contribution in [1.82, 2.24) is 0 Å². The molecule has 0 fully saturated rings. The van der Waals surface area contributed by atoms with E-state index in [1.807, 2.05) is 19.9 Å². The molecule has 0 radical (unpaired) electrons. The molecule has 0 atom stereocenters. The van der Waals surface area contributed by atoms with Crippen LogP contribution < -0.4 is 0 Å². The van der Waals surface area contributed by atoms with Gasteiger partial charge in [-0.1, -0.05) is 0 Å². The number of aliphatic hydroxyl groups excluding tert-OH is 1. The summed E-state index contributed by atoms with van der Waals surface area (Å²) in [5.74, 6) is 0.317. The lowest BCUT2D eigenvalue weighted by Crippen LogP contribution is -2.01. The fourth-order valence-electron chi connectivity index (χ4n) is 0.498.